The van der Waals surface area contributed by atoms with E-state index in [1.54, 1.807) is 6.07 Å². The quantitative estimate of drug-likeness (QED) is 0.856. The minimum Gasteiger partial charge on any atom is -0.447 e. The summed E-state index contributed by atoms with van der Waals surface area (Å²) in [5, 5.41) is 3.30. The van der Waals surface area contributed by atoms with Gasteiger partial charge in [-0.1, -0.05) is 27.5 Å². The van der Waals surface area contributed by atoms with Gasteiger partial charge in [0.05, 0.1) is 6.04 Å². The van der Waals surface area contributed by atoms with E-state index in [0.29, 0.717) is 11.6 Å². The van der Waals surface area contributed by atoms with E-state index in [0.717, 1.165) is 10.0 Å². The van der Waals surface area contributed by atoms with Crippen molar-refractivity contribution in [3.8, 4) is 0 Å². The predicted octanol–water partition coefficient (Wildman–Crippen LogP) is 2.88. The summed E-state index contributed by atoms with van der Waals surface area (Å²) in [6.45, 7) is 0.328. The Morgan fingerprint density at radius 2 is 2.36 bits per heavy atom. The van der Waals surface area contributed by atoms with Crippen LogP contribution in [0.2, 0.25) is 5.02 Å². The van der Waals surface area contributed by atoms with Crippen LogP contribution in [0.25, 0.3) is 0 Å². The number of halogens is 2. The van der Waals surface area contributed by atoms with Crippen molar-refractivity contribution in [3.05, 3.63) is 33.3 Å². The largest absolute Gasteiger partial charge is 0.447 e. The van der Waals surface area contributed by atoms with Crippen molar-refractivity contribution < 1.29 is 9.53 Å². The average molecular weight is 277 g/mol. The summed E-state index contributed by atoms with van der Waals surface area (Å²) >= 11 is 9.34. The molecule has 0 aromatic heterocycles. The van der Waals surface area contributed by atoms with Crippen molar-refractivity contribution >= 4 is 33.6 Å². The summed E-state index contributed by atoms with van der Waals surface area (Å²) in [6.07, 6.45) is -0.397. The zero-order valence-corrected chi connectivity index (χ0v) is 9.43. The summed E-state index contributed by atoms with van der Waals surface area (Å²) in [5.41, 5.74) is 0.867. The maximum atomic E-state index is 10.8. The van der Waals surface area contributed by atoms with Gasteiger partial charge in [0.1, 0.15) is 6.61 Å². The molecule has 1 fully saturated rings. The molecule has 0 bridgehead atoms. The Labute approximate surface area is 94.5 Å². The lowest BCUT2D eigenvalue weighted by Crippen LogP contribution is -2.18. The lowest BCUT2D eigenvalue weighted by molar-refractivity contribution is 0.177. The van der Waals surface area contributed by atoms with E-state index in [2.05, 4.69) is 21.2 Å². The Balaban J connectivity index is 2.31. The molecule has 1 heterocycles. The second-order valence-corrected chi connectivity index (χ2v) is 4.28. The molecule has 1 aromatic rings. The van der Waals surface area contributed by atoms with Crippen molar-refractivity contribution in [2.45, 2.75) is 6.04 Å². The second-order valence-electron chi connectivity index (χ2n) is 2.96. The zero-order valence-electron chi connectivity index (χ0n) is 7.09. The second kappa shape index (κ2) is 3.79. The lowest BCUT2D eigenvalue weighted by Gasteiger charge is -2.09. The van der Waals surface area contributed by atoms with Crippen LogP contribution >= 0.6 is 27.5 Å². The first kappa shape index (κ1) is 9.80. The number of rotatable bonds is 1. The Morgan fingerprint density at radius 1 is 1.57 bits per heavy atom. The van der Waals surface area contributed by atoms with Gasteiger partial charge in [-0.05, 0) is 23.8 Å². The van der Waals surface area contributed by atoms with Crippen LogP contribution in [-0.2, 0) is 4.74 Å². The topological polar surface area (TPSA) is 38.3 Å². The van der Waals surface area contributed by atoms with Crippen LogP contribution in [0, 0.1) is 0 Å². The minimum atomic E-state index is -0.397. The summed E-state index contributed by atoms with van der Waals surface area (Å²) in [5.74, 6) is 0. The van der Waals surface area contributed by atoms with Gasteiger partial charge in [-0.15, -0.1) is 0 Å². The van der Waals surface area contributed by atoms with Crippen molar-refractivity contribution in [2.24, 2.45) is 0 Å². The SMILES string of the molecule is O=C1N[C@@H](c2cc(Br)ccc2Cl)CO1. The van der Waals surface area contributed by atoms with Gasteiger partial charge in [-0.25, -0.2) is 4.79 Å². The highest BCUT2D eigenvalue weighted by Gasteiger charge is 2.25. The third-order valence-electron chi connectivity index (χ3n) is 2.01. The third kappa shape index (κ3) is 1.86. The van der Waals surface area contributed by atoms with E-state index in [1.807, 2.05) is 12.1 Å². The Bertz CT molecular complexity index is 383. The molecular weight excluding hydrogens is 269 g/mol. The molecule has 1 amide bonds. The van der Waals surface area contributed by atoms with Gasteiger partial charge in [0.25, 0.3) is 0 Å². The molecule has 1 atom stereocenters. The number of alkyl carbamates (subject to hydrolysis) is 1. The van der Waals surface area contributed by atoms with Crippen molar-refractivity contribution in [2.75, 3.05) is 6.61 Å². The lowest BCUT2D eigenvalue weighted by atomic mass is 10.1. The van der Waals surface area contributed by atoms with Crippen molar-refractivity contribution in [3.63, 3.8) is 0 Å². The van der Waals surface area contributed by atoms with Gasteiger partial charge in [0, 0.05) is 9.50 Å². The highest BCUT2D eigenvalue weighted by atomic mass is 79.9. The van der Waals surface area contributed by atoms with Crippen LogP contribution in [0.15, 0.2) is 22.7 Å². The zero-order chi connectivity index (χ0) is 10.1. The van der Waals surface area contributed by atoms with E-state index in [4.69, 9.17) is 16.3 Å². The number of ether oxygens (including phenoxy) is 1. The molecule has 3 nitrogen and oxygen atoms in total. The molecule has 0 radical (unpaired) electrons. The summed E-state index contributed by atoms with van der Waals surface area (Å²) in [4.78, 5) is 10.8. The molecule has 74 valence electrons. The van der Waals surface area contributed by atoms with Crippen LogP contribution in [0.3, 0.4) is 0 Å². The number of cyclic esters (lactones) is 1. The number of amides is 1. The van der Waals surface area contributed by atoms with E-state index < -0.39 is 6.09 Å². The normalized spacial score (nSPS) is 20.4. The molecule has 14 heavy (non-hydrogen) atoms. The molecule has 1 aliphatic heterocycles. The minimum absolute atomic E-state index is 0.146. The van der Waals surface area contributed by atoms with Gasteiger partial charge in [-0.2, -0.15) is 0 Å². The highest BCUT2D eigenvalue weighted by Crippen LogP contribution is 2.28. The van der Waals surface area contributed by atoms with E-state index >= 15 is 0 Å². The molecular formula is C9H7BrClNO2. The number of benzene rings is 1. The van der Waals surface area contributed by atoms with Gasteiger partial charge in [0.2, 0.25) is 0 Å². The fourth-order valence-corrected chi connectivity index (χ4v) is 1.96. The predicted molar refractivity (Wildman–Crippen MR) is 56.4 cm³/mol. The molecule has 2 rings (SSSR count). The Morgan fingerprint density at radius 3 is 3.00 bits per heavy atom. The monoisotopic (exact) mass is 275 g/mol. The van der Waals surface area contributed by atoms with E-state index in [-0.39, 0.29) is 6.04 Å². The summed E-state index contributed by atoms with van der Waals surface area (Å²) in [6, 6.07) is 5.36. The smallest absolute Gasteiger partial charge is 0.407 e. The molecule has 1 N–H and O–H groups in total. The molecule has 5 heteroatoms. The first-order valence-corrected chi connectivity index (χ1v) is 5.22. The fraction of sp³-hybridized carbons (Fsp3) is 0.222. The standard InChI is InChI=1S/C9H7BrClNO2/c10-5-1-2-7(11)6(3-5)8-4-14-9(13)12-8/h1-3,8H,4H2,(H,12,13)/t8-/m1/s1. The van der Waals surface area contributed by atoms with E-state index in [1.165, 1.54) is 0 Å². The molecule has 0 unspecified atom stereocenters. The van der Waals surface area contributed by atoms with Gasteiger partial charge in [0.15, 0.2) is 0 Å². The first-order chi connectivity index (χ1) is 6.66. The molecule has 0 aliphatic carbocycles. The first-order valence-electron chi connectivity index (χ1n) is 4.05. The highest BCUT2D eigenvalue weighted by molar-refractivity contribution is 9.10. The number of hydrogen-bond acceptors (Lipinski definition) is 2. The van der Waals surface area contributed by atoms with Crippen LogP contribution in [0.4, 0.5) is 4.79 Å². The third-order valence-corrected chi connectivity index (χ3v) is 2.84. The van der Waals surface area contributed by atoms with Crippen LogP contribution in [0.5, 0.6) is 0 Å². The molecule has 0 saturated carbocycles. The number of carbonyl (C=O) groups is 1. The molecule has 1 aromatic carbocycles. The van der Waals surface area contributed by atoms with Crippen molar-refractivity contribution in [1.29, 1.82) is 0 Å². The average Bonchev–Trinajstić information content (AvgIpc) is 2.56. The fourth-order valence-electron chi connectivity index (χ4n) is 1.33. The van der Waals surface area contributed by atoms with E-state index in [9.17, 15) is 4.79 Å². The van der Waals surface area contributed by atoms with Gasteiger partial charge < -0.3 is 10.1 Å². The van der Waals surface area contributed by atoms with Crippen LogP contribution < -0.4 is 5.32 Å². The number of nitrogens with one attached hydrogen (secondary N) is 1. The molecule has 0 spiro atoms. The molecule has 1 saturated heterocycles. The number of hydrogen-bond donors (Lipinski definition) is 1. The Kier molecular flexibility index (Phi) is 2.65. The molecule has 1 aliphatic rings. The van der Waals surface area contributed by atoms with Crippen LogP contribution in [0.1, 0.15) is 11.6 Å². The van der Waals surface area contributed by atoms with Crippen LogP contribution in [-0.4, -0.2) is 12.7 Å². The maximum absolute atomic E-state index is 10.8. The number of carbonyl (C=O) groups excluding carboxylic acids is 1. The van der Waals surface area contributed by atoms with Crippen molar-refractivity contribution in [1.82, 2.24) is 5.32 Å². The van der Waals surface area contributed by atoms with Gasteiger partial charge >= 0.3 is 6.09 Å². The van der Waals surface area contributed by atoms with Gasteiger partial charge in [-0.3, -0.25) is 0 Å². The maximum Gasteiger partial charge on any atom is 0.407 e. The summed E-state index contributed by atoms with van der Waals surface area (Å²) in [7, 11) is 0. The Hall–Kier alpha value is -0.740. The summed E-state index contributed by atoms with van der Waals surface area (Å²) < 4.78 is 5.72.